The van der Waals surface area contributed by atoms with Crippen molar-refractivity contribution in [2.75, 3.05) is 31.1 Å². The second-order valence-corrected chi connectivity index (χ2v) is 6.36. The summed E-state index contributed by atoms with van der Waals surface area (Å²) < 4.78 is 11.3. The Morgan fingerprint density at radius 3 is 2.67 bits per heavy atom. The average Bonchev–Trinajstić information content (AvgIpc) is 2.30. The van der Waals surface area contributed by atoms with Crippen LogP contribution in [0.5, 0.6) is 0 Å². The van der Waals surface area contributed by atoms with Gasteiger partial charge in [-0.05, 0) is 26.8 Å². The molecule has 1 N–H and O–H groups in total. The highest BCUT2D eigenvalue weighted by Crippen LogP contribution is 2.18. The van der Waals surface area contributed by atoms with Crippen LogP contribution >= 0.6 is 0 Å². The quantitative estimate of drug-likeness (QED) is 0.773. The first-order valence-corrected chi connectivity index (χ1v) is 6.71. The molecule has 0 amide bonds. The molecule has 1 heterocycles. The van der Waals surface area contributed by atoms with Gasteiger partial charge in [0.25, 0.3) is 0 Å². The molecule has 0 saturated carbocycles. The fourth-order valence-corrected chi connectivity index (χ4v) is 2.80. The molecule has 0 aromatic rings. The maximum atomic E-state index is 11.3. The second kappa shape index (κ2) is 5.07. The van der Waals surface area contributed by atoms with Crippen molar-refractivity contribution in [3.05, 3.63) is 0 Å². The van der Waals surface area contributed by atoms with E-state index in [4.69, 9.17) is 5.11 Å². The maximum absolute atomic E-state index is 11.3. The standard InChI is InChI=1S/C10H19NO3S/c1-10(2,9(12)13)8-11-4-3-6-15(14)7-5-11/h3-8H2,1-2H3,(H,12,13). The van der Waals surface area contributed by atoms with Crippen LogP contribution in [0.4, 0.5) is 0 Å². The zero-order valence-corrected chi connectivity index (χ0v) is 10.2. The molecular formula is C10H19NO3S. The molecule has 1 saturated heterocycles. The number of carbonyl (C=O) groups is 1. The summed E-state index contributed by atoms with van der Waals surface area (Å²) >= 11 is 0. The lowest BCUT2D eigenvalue weighted by Crippen LogP contribution is -2.40. The Balaban J connectivity index is 2.51. The predicted molar refractivity (Wildman–Crippen MR) is 60.4 cm³/mol. The summed E-state index contributed by atoms with van der Waals surface area (Å²) in [6, 6.07) is 0. The van der Waals surface area contributed by atoms with Crippen LogP contribution < -0.4 is 0 Å². The zero-order valence-electron chi connectivity index (χ0n) is 9.36. The Morgan fingerprint density at radius 1 is 1.40 bits per heavy atom. The van der Waals surface area contributed by atoms with Crippen molar-refractivity contribution >= 4 is 16.8 Å². The summed E-state index contributed by atoms with van der Waals surface area (Å²) in [7, 11) is -0.706. The molecule has 1 rings (SSSR count). The molecule has 0 radical (unpaired) electrons. The van der Waals surface area contributed by atoms with E-state index in [9.17, 15) is 9.00 Å². The number of hydrogen-bond acceptors (Lipinski definition) is 3. The van der Waals surface area contributed by atoms with E-state index in [0.29, 0.717) is 12.3 Å². The van der Waals surface area contributed by atoms with Crippen LogP contribution in [0.2, 0.25) is 0 Å². The summed E-state index contributed by atoms with van der Waals surface area (Å²) in [4.78, 5) is 13.1. The van der Waals surface area contributed by atoms with E-state index in [1.807, 2.05) is 0 Å². The number of rotatable bonds is 3. The number of hydrogen-bond donors (Lipinski definition) is 1. The van der Waals surface area contributed by atoms with E-state index in [1.54, 1.807) is 13.8 Å². The van der Waals surface area contributed by atoms with Gasteiger partial charge in [0.2, 0.25) is 0 Å². The monoisotopic (exact) mass is 233 g/mol. The Labute approximate surface area is 93.1 Å². The fourth-order valence-electron chi connectivity index (χ4n) is 1.68. The first-order chi connectivity index (χ1) is 6.92. The Hall–Kier alpha value is -0.420. The van der Waals surface area contributed by atoms with E-state index in [1.165, 1.54) is 0 Å². The molecule has 0 aromatic heterocycles. The van der Waals surface area contributed by atoms with Crippen LogP contribution in [-0.4, -0.2) is 51.3 Å². The van der Waals surface area contributed by atoms with Gasteiger partial charge in [0.1, 0.15) is 0 Å². The van der Waals surface area contributed by atoms with E-state index < -0.39 is 22.2 Å². The highest BCUT2D eigenvalue weighted by atomic mass is 32.2. The van der Waals surface area contributed by atoms with E-state index in [0.717, 1.165) is 25.3 Å². The van der Waals surface area contributed by atoms with Crippen molar-refractivity contribution < 1.29 is 14.1 Å². The summed E-state index contributed by atoms with van der Waals surface area (Å²) in [6.45, 7) is 5.62. The van der Waals surface area contributed by atoms with Crippen LogP contribution in [-0.2, 0) is 15.6 Å². The van der Waals surface area contributed by atoms with Gasteiger partial charge in [-0.3, -0.25) is 9.00 Å². The Bertz CT molecular complexity index is 265. The summed E-state index contributed by atoms with van der Waals surface area (Å²) in [5, 5.41) is 9.01. The van der Waals surface area contributed by atoms with Crippen molar-refractivity contribution in [1.82, 2.24) is 4.90 Å². The third-order valence-electron chi connectivity index (χ3n) is 2.68. The highest BCUT2D eigenvalue weighted by Gasteiger charge is 2.30. The average molecular weight is 233 g/mol. The van der Waals surface area contributed by atoms with E-state index >= 15 is 0 Å². The Morgan fingerprint density at radius 2 is 2.07 bits per heavy atom. The lowest BCUT2D eigenvalue weighted by Gasteiger charge is -2.28. The number of nitrogens with zero attached hydrogens (tertiary/aromatic N) is 1. The van der Waals surface area contributed by atoms with E-state index in [2.05, 4.69) is 4.90 Å². The van der Waals surface area contributed by atoms with Gasteiger partial charge in [-0.15, -0.1) is 0 Å². The third kappa shape index (κ3) is 3.91. The zero-order chi connectivity index (χ0) is 11.5. The van der Waals surface area contributed by atoms with Crippen LogP contribution in [0.25, 0.3) is 0 Å². The molecule has 1 unspecified atom stereocenters. The summed E-state index contributed by atoms with van der Waals surface area (Å²) in [6.07, 6.45) is 0.905. The SMILES string of the molecule is CC(C)(CN1CCCS(=O)CC1)C(=O)O. The van der Waals surface area contributed by atoms with Gasteiger partial charge in [-0.1, -0.05) is 0 Å². The smallest absolute Gasteiger partial charge is 0.310 e. The molecular weight excluding hydrogens is 214 g/mol. The molecule has 1 aliphatic heterocycles. The molecule has 0 bridgehead atoms. The van der Waals surface area contributed by atoms with Crippen LogP contribution in [0.1, 0.15) is 20.3 Å². The van der Waals surface area contributed by atoms with Crippen molar-refractivity contribution in [3.8, 4) is 0 Å². The molecule has 1 aliphatic rings. The fraction of sp³-hybridized carbons (Fsp3) is 0.900. The molecule has 0 aliphatic carbocycles. The van der Waals surface area contributed by atoms with Gasteiger partial charge >= 0.3 is 5.97 Å². The summed E-state index contributed by atoms with van der Waals surface area (Å²) in [5.41, 5.74) is -0.716. The van der Waals surface area contributed by atoms with Gasteiger partial charge in [0.05, 0.1) is 5.41 Å². The first kappa shape index (κ1) is 12.6. The van der Waals surface area contributed by atoms with E-state index in [-0.39, 0.29) is 0 Å². The maximum Gasteiger partial charge on any atom is 0.310 e. The first-order valence-electron chi connectivity index (χ1n) is 5.22. The lowest BCUT2D eigenvalue weighted by molar-refractivity contribution is -0.147. The molecule has 0 spiro atoms. The lowest BCUT2D eigenvalue weighted by atomic mass is 9.93. The van der Waals surface area contributed by atoms with Crippen LogP contribution in [0.3, 0.4) is 0 Å². The second-order valence-electron chi connectivity index (χ2n) is 4.67. The molecule has 1 atom stereocenters. The Kier molecular flexibility index (Phi) is 4.28. The van der Waals surface area contributed by atoms with Gasteiger partial charge in [-0.2, -0.15) is 0 Å². The van der Waals surface area contributed by atoms with Crippen molar-refractivity contribution in [2.45, 2.75) is 20.3 Å². The third-order valence-corrected chi connectivity index (χ3v) is 4.06. The number of aliphatic carboxylic acids is 1. The minimum atomic E-state index is -0.770. The minimum Gasteiger partial charge on any atom is -0.481 e. The van der Waals surface area contributed by atoms with Crippen molar-refractivity contribution in [2.24, 2.45) is 5.41 Å². The van der Waals surface area contributed by atoms with Crippen molar-refractivity contribution in [1.29, 1.82) is 0 Å². The normalized spacial score (nSPS) is 24.8. The van der Waals surface area contributed by atoms with Crippen molar-refractivity contribution in [3.63, 3.8) is 0 Å². The molecule has 88 valence electrons. The molecule has 15 heavy (non-hydrogen) atoms. The van der Waals surface area contributed by atoms with Gasteiger partial charge in [-0.25, -0.2) is 0 Å². The molecule has 0 aromatic carbocycles. The molecule has 1 fully saturated rings. The largest absolute Gasteiger partial charge is 0.481 e. The van der Waals surface area contributed by atoms with Crippen LogP contribution in [0, 0.1) is 5.41 Å². The van der Waals surface area contributed by atoms with Gasteiger partial charge in [0, 0.05) is 35.4 Å². The molecule has 4 nitrogen and oxygen atoms in total. The number of carboxylic acid groups (broad SMARTS) is 1. The predicted octanol–water partition coefficient (Wildman–Crippen LogP) is 0.552. The highest BCUT2D eigenvalue weighted by molar-refractivity contribution is 7.85. The molecule has 5 heteroatoms. The summed E-state index contributed by atoms with van der Waals surface area (Å²) in [5.74, 6) is 0.660. The van der Waals surface area contributed by atoms with Crippen LogP contribution in [0.15, 0.2) is 0 Å². The number of carboxylic acids is 1. The van der Waals surface area contributed by atoms with Gasteiger partial charge < -0.3 is 10.0 Å². The minimum absolute atomic E-state index is 0.541. The van der Waals surface area contributed by atoms with Gasteiger partial charge in [0.15, 0.2) is 0 Å². The topological polar surface area (TPSA) is 57.6 Å².